The largest absolute Gasteiger partial charge is 0.397 e. The summed E-state index contributed by atoms with van der Waals surface area (Å²) in [4.78, 5) is 0. The lowest BCUT2D eigenvalue weighted by molar-refractivity contribution is 0.247. The predicted molar refractivity (Wildman–Crippen MR) is 53.4 cm³/mol. The molecule has 0 atom stereocenters. The second-order valence-electron chi connectivity index (χ2n) is 3.07. The molecular formula is C8H21NO2Si. The van der Waals surface area contributed by atoms with Gasteiger partial charge in [-0.1, -0.05) is 13.3 Å². The molecule has 0 aromatic heterocycles. The van der Waals surface area contributed by atoms with E-state index in [9.17, 15) is 0 Å². The second-order valence-corrected chi connectivity index (χ2v) is 6.51. The van der Waals surface area contributed by atoms with Gasteiger partial charge in [0.1, 0.15) is 0 Å². The maximum Gasteiger partial charge on any atom is 0.348 e. The molecule has 0 aromatic rings. The first-order valence-corrected chi connectivity index (χ1v) is 7.02. The Labute approximate surface area is 76.7 Å². The van der Waals surface area contributed by atoms with Gasteiger partial charge in [0.15, 0.2) is 0 Å². The molecule has 0 saturated heterocycles. The number of hydrogen-bond donors (Lipinski definition) is 1. The van der Waals surface area contributed by atoms with Crippen LogP contribution in [-0.2, 0) is 8.85 Å². The average Bonchev–Trinajstić information content (AvgIpc) is 2.12. The summed E-state index contributed by atoms with van der Waals surface area (Å²) in [6.07, 6.45) is 3.32. The van der Waals surface area contributed by atoms with E-state index in [-0.39, 0.29) is 0 Å². The molecule has 0 heterocycles. The Morgan fingerprint density at radius 2 is 1.83 bits per heavy atom. The van der Waals surface area contributed by atoms with Crippen molar-refractivity contribution in [3.63, 3.8) is 0 Å². The van der Waals surface area contributed by atoms with Crippen molar-refractivity contribution in [3.8, 4) is 0 Å². The van der Waals surface area contributed by atoms with E-state index in [1.807, 2.05) is 0 Å². The molecule has 0 unspecified atom stereocenters. The molecule has 0 aliphatic rings. The molecule has 0 saturated carbocycles. The van der Waals surface area contributed by atoms with E-state index in [1.54, 1.807) is 14.2 Å². The minimum Gasteiger partial charge on any atom is -0.397 e. The zero-order valence-electron chi connectivity index (χ0n) is 8.64. The van der Waals surface area contributed by atoms with Crippen LogP contribution in [0.2, 0.25) is 6.55 Å². The van der Waals surface area contributed by atoms with Crippen LogP contribution in [-0.4, -0.2) is 35.5 Å². The van der Waals surface area contributed by atoms with Crippen molar-refractivity contribution in [2.45, 2.75) is 26.3 Å². The first-order chi connectivity index (χ1) is 5.68. The van der Waals surface area contributed by atoms with Gasteiger partial charge in [-0.2, -0.15) is 0 Å². The Morgan fingerprint density at radius 3 is 2.25 bits per heavy atom. The van der Waals surface area contributed by atoms with Crippen LogP contribution < -0.4 is 5.32 Å². The molecule has 0 aliphatic carbocycles. The summed E-state index contributed by atoms with van der Waals surface area (Å²) in [6, 6.07) is 0. The molecule has 1 N–H and O–H groups in total. The monoisotopic (exact) mass is 191 g/mol. The minimum absolute atomic E-state index is 0.875. The van der Waals surface area contributed by atoms with Gasteiger partial charge in [0.05, 0.1) is 0 Å². The second kappa shape index (κ2) is 6.60. The maximum absolute atomic E-state index is 5.32. The van der Waals surface area contributed by atoms with Crippen molar-refractivity contribution in [2.75, 3.05) is 26.9 Å². The lowest BCUT2D eigenvalue weighted by Gasteiger charge is -2.22. The Kier molecular flexibility index (Phi) is 6.65. The highest BCUT2D eigenvalue weighted by Crippen LogP contribution is 2.01. The number of rotatable bonds is 7. The molecular weight excluding hydrogens is 170 g/mol. The van der Waals surface area contributed by atoms with Gasteiger partial charge in [0.2, 0.25) is 0 Å². The minimum atomic E-state index is -1.86. The van der Waals surface area contributed by atoms with E-state index in [0.717, 1.165) is 12.7 Å². The maximum atomic E-state index is 5.32. The van der Waals surface area contributed by atoms with E-state index in [1.165, 1.54) is 12.8 Å². The van der Waals surface area contributed by atoms with Crippen LogP contribution in [0.15, 0.2) is 0 Å². The summed E-state index contributed by atoms with van der Waals surface area (Å²) < 4.78 is 10.6. The van der Waals surface area contributed by atoms with Crippen LogP contribution in [0, 0.1) is 0 Å². The summed E-state index contributed by atoms with van der Waals surface area (Å²) in [7, 11) is 1.58. The van der Waals surface area contributed by atoms with Gasteiger partial charge in [-0.05, 0) is 19.5 Å². The molecule has 12 heavy (non-hydrogen) atoms. The zero-order valence-corrected chi connectivity index (χ0v) is 9.64. The number of nitrogens with one attached hydrogen (secondary N) is 1. The molecule has 3 nitrogen and oxygen atoms in total. The third kappa shape index (κ3) is 4.87. The Morgan fingerprint density at radius 1 is 1.25 bits per heavy atom. The molecule has 0 spiro atoms. The topological polar surface area (TPSA) is 30.5 Å². The van der Waals surface area contributed by atoms with Crippen LogP contribution >= 0.6 is 0 Å². The van der Waals surface area contributed by atoms with Gasteiger partial charge in [-0.25, -0.2) is 0 Å². The highest BCUT2D eigenvalue weighted by molar-refractivity contribution is 6.66. The van der Waals surface area contributed by atoms with E-state index in [4.69, 9.17) is 8.85 Å². The van der Waals surface area contributed by atoms with Crippen molar-refractivity contribution in [2.24, 2.45) is 0 Å². The lowest BCUT2D eigenvalue weighted by Crippen LogP contribution is -2.47. The van der Waals surface area contributed by atoms with E-state index < -0.39 is 8.56 Å². The smallest absolute Gasteiger partial charge is 0.348 e. The molecule has 74 valence electrons. The molecule has 0 bridgehead atoms. The fourth-order valence-electron chi connectivity index (χ4n) is 0.845. The Balaban J connectivity index is 3.45. The third-order valence-electron chi connectivity index (χ3n) is 2.02. The van der Waals surface area contributed by atoms with E-state index >= 15 is 0 Å². The SMILES string of the molecule is CCCCNC[Si](C)(OC)OC. The Hall–Kier alpha value is 0.0969. The number of unbranched alkanes of at least 4 members (excludes halogenated alkanes) is 1. The average molecular weight is 191 g/mol. The summed E-state index contributed by atoms with van der Waals surface area (Å²) in [6.45, 7) is 5.31. The zero-order chi connectivity index (χ0) is 9.45. The highest BCUT2D eigenvalue weighted by atomic mass is 28.4. The molecule has 0 aliphatic heterocycles. The van der Waals surface area contributed by atoms with Gasteiger partial charge < -0.3 is 14.2 Å². The molecule has 0 rings (SSSR count). The predicted octanol–water partition coefficient (Wildman–Crippen LogP) is 1.28. The third-order valence-corrected chi connectivity index (χ3v) is 4.64. The van der Waals surface area contributed by atoms with E-state index in [0.29, 0.717) is 0 Å². The van der Waals surface area contributed by atoms with Crippen molar-refractivity contribution in [1.82, 2.24) is 5.32 Å². The van der Waals surface area contributed by atoms with Crippen LogP contribution in [0.3, 0.4) is 0 Å². The fourth-order valence-corrected chi connectivity index (χ4v) is 1.93. The standard InChI is InChI=1S/C8H21NO2Si/c1-5-6-7-9-8-12(4,10-2)11-3/h9H,5-8H2,1-4H3. The molecule has 0 aromatic carbocycles. The van der Waals surface area contributed by atoms with Crippen molar-refractivity contribution in [3.05, 3.63) is 0 Å². The molecule has 0 fully saturated rings. The first-order valence-electron chi connectivity index (χ1n) is 4.49. The first kappa shape index (κ1) is 12.1. The molecule has 0 amide bonds. The van der Waals surface area contributed by atoms with Crippen LogP contribution in [0.25, 0.3) is 0 Å². The summed E-state index contributed by atoms with van der Waals surface area (Å²) >= 11 is 0. The Bertz CT molecular complexity index is 107. The highest BCUT2D eigenvalue weighted by Gasteiger charge is 2.27. The van der Waals surface area contributed by atoms with Crippen LogP contribution in [0.4, 0.5) is 0 Å². The van der Waals surface area contributed by atoms with Crippen molar-refractivity contribution < 1.29 is 8.85 Å². The summed E-state index contributed by atoms with van der Waals surface area (Å²) in [5.41, 5.74) is 0. The van der Waals surface area contributed by atoms with Gasteiger partial charge >= 0.3 is 8.56 Å². The summed E-state index contributed by atoms with van der Waals surface area (Å²) in [5, 5.41) is 3.34. The van der Waals surface area contributed by atoms with Gasteiger partial charge in [-0.3, -0.25) is 0 Å². The van der Waals surface area contributed by atoms with Gasteiger partial charge in [0, 0.05) is 20.4 Å². The van der Waals surface area contributed by atoms with Crippen molar-refractivity contribution in [1.29, 1.82) is 0 Å². The lowest BCUT2D eigenvalue weighted by atomic mass is 10.3. The van der Waals surface area contributed by atoms with Gasteiger partial charge in [-0.15, -0.1) is 0 Å². The number of hydrogen-bond acceptors (Lipinski definition) is 3. The fraction of sp³-hybridized carbons (Fsp3) is 1.00. The van der Waals surface area contributed by atoms with Crippen molar-refractivity contribution >= 4 is 8.56 Å². The molecule has 4 heteroatoms. The van der Waals surface area contributed by atoms with Gasteiger partial charge in [0.25, 0.3) is 0 Å². The quantitative estimate of drug-likeness (QED) is 0.486. The summed E-state index contributed by atoms with van der Waals surface area (Å²) in [5.74, 6) is 0. The molecule has 0 radical (unpaired) electrons. The van der Waals surface area contributed by atoms with E-state index in [2.05, 4.69) is 18.8 Å². The van der Waals surface area contributed by atoms with Crippen LogP contribution in [0.1, 0.15) is 19.8 Å². The normalized spacial score (nSPS) is 12.0. The van der Waals surface area contributed by atoms with Crippen LogP contribution in [0.5, 0.6) is 0 Å².